The Balaban J connectivity index is 1.49. The molecule has 7 heteroatoms. The molecule has 0 aliphatic carbocycles. The number of amides is 1. The second-order valence-corrected chi connectivity index (χ2v) is 7.02. The molecule has 0 bridgehead atoms. The Morgan fingerprint density at radius 1 is 1.13 bits per heavy atom. The first-order valence-electron chi connectivity index (χ1n) is 9.79. The number of aromatic amines is 1. The van der Waals surface area contributed by atoms with E-state index in [0.717, 1.165) is 40.1 Å². The van der Waals surface area contributed by atoms with E-state index >= 15 is 0 Å². The standard InChI is InChI=1S/C23H24N4O3/c1-4-27-20-12-17(29-3)9-8-16(20)11-21(27)19-13-22(26-25-19)24-23(28)14-30-18-7-5-6-15(2)10-18/h5-13H,4,14H2,1-3H3,(H2,24,25,26,28). The van der Waals surface area contributed by atoms with Crippen molar-refractivity contribution in [2.75, 3.05) is 19.0 Å². The molecule has 2 aromatic heterocycles. The van der Waals surface area contributed by atoms with E-state index in [1.54, 1.807) is 7.11 Å². The number of carbonyl (C=O) groups excluding carboxylic acids is 1. The number of anilines is 1. The van der Waals surface area contributed by atoms with E-state index in [1.165, 1.54) is 0 Å². The molecule has 2 aromatic carbocycles. The molecule has 2 heterocycles. The van der Waals surface area contributed by atoms with Gasteiger partial charge in [-0.05, 0) is 49.7 Å². The van der Waals surface area contributed by atoms with Gasteiger partial charge in [-0.15, -0.1) is 0 Å². The number of benzene rings is 2. The quantitative estimate of drug-likeness (QED) is 0.479. The molecule has 0 aliphatic rings. The number of fused-ring (bicyclic) bond motifs is 1. The minimum atomic E-state index is -0.268. The van der Waals surface area contributed by atoms with Crippen LogP contribution in [0.5, 0.6) is 11.5 Å². The van der Waals surface area contributed by atoms with E-state index in [2.05, 4.69) is 33.1 Å². The predicted molar refractivity (Wildman–Crippen MR) is 117 cm³/mol. The predicted octanol–water partition coefficient (Wildman–Crippen LogP) is 4.39. The van der Waals surface area contributed by atoms with E-state index in [9.17, 15) is 4.79 Å². The Kier molecular flexibility index (Phi) is 5.43. The van der Waals surface area contributed by atoms with Gasteiger partial charge >= 0.3 is 0 Å². The van der Waals surface area contributed by atoms with Crippen molar-refractivity contribution in [3.63, 3.8) is 0 Å². The average Bonchev–Trinajstić information content (AvgIpc) is 3.35. The Morgan fingerprint density at radius 2 is 2.00 bits per heavy atom. The number of hydrogen-bond donors (Lipinski definition) is 2. The van der Waals surface area contributed by atoms with E-state index in [4.69, 9.17) is 9.47 Å². The number of aryl methyl sites for hydroxylation is 2. The lowest BCUT2D eigenvalue weighted by Crippen LogP contribution is -2.20. The third-order valence-electron chi connectivity index (χ3n) is 4.91. The highest BCUT2D eigenvalue weighted by Crippen LogP contribution is 2.30. The van der Waals surface area contributed by atoms with Crippen LogP contribution in [0.4, 0.5) is 5.82 Å². The van der Waals surface area contributed by atoms with Crippen molar-refractivity contribution in [2.24, 2.45) is 0 Å². The van der Waals surface area contributed by atoms with Gasteiger partial charge in [-0.25, -0.2) is 0 Å². The highest BCUT2D eigenvalue weighted by atomic mass is 16.5. The van der Waals surface area contributed by atoms with E-state index in [-0.39, 0.29) is 12.5 Å². The van der Waals surface area contributed by atoms with Crippen LogP contribution in [-0.2, 0) is 11.3 Å². The molecule has 1 amide bonds. The fraction of sp³-hybridized carbons (Fsp3) is 0.217. The summed E-state index contributed by atoms with van der Waals surface area (Å²) >= 11 is 0. The van der Waals surface area contributed by atoms with E-state index in [1.807, 2.05) is 55.5 Å². The summed E-state index contributed by atoms with van der Waals surface area (Å²) in [7, 11) is 1.66. The summed E-state index contributed by atoms with van der Waals surface area (Å²) in [6.45, 7) is 4.77. The number of hydrogen-bond acceptors (Lipinski definition) is 4. The summed E-state index contributed by atoms with van der Waals surface area (Å²) in [6, 6.07) is 17.5. The zero-order chi connectivity index (χ0) is 21.1. The maximum absolute atomic E-state index is 12.2. The molecule has 154 valence electrons. The van der Waals surface area contributed by atoms with Crippen molar-refractivity contribution in [3.05, 3.63) is 60.2 Å². The lowest BCUT2D eigenvalue weighted by atomic mass is 10.2. The van der Waals surface area contributed by atoms with Crippen molar-refractivity contribution in [1.82, 2.24) is 14.8 Å². The van der Waals surface area contributed by atoms with Gasteiger partial charge in [-0.1, -0.05) is 12.1 Å². The molecule has 0 radical (unpaired) electrons. The molecule has 0 saturated heterocycles. The third-order valence-corrected chi connectivity index (χ3v) is 4.91. The molecule has 0 spiro atoms. The molecule has 7 nitrogen and oxygen atoms in total. The zero-order valence-corrected chi connectivity index (χ0v) is 17.2. The van der Waals surface area contributed by atoms with Crippen molar-refractivity contribution in [1.29, 1.82) is 0 Å². The van der Waals surface area contributed by atoms with Crippen molar-refractivity contribution in [3.8, 4) is 22.9 Å². The van der Waals surface area contributed by atoms with Gasteiger partial charge in [0.15, 0.2) is 12.4 Å². The zero-order valence-electron chi connectivity index (χ0n) is 17.2. The average molecular weight is 404 g/mol. The molecule has 2 N–H and O–H groups in total. The van der Waals surface area contributed by atoms with Crippen LogP contribution >= 0.6 is 0 Å². The van der Waals surface area contributed by atoms with Crippen LogP contribution in [0.15, 0.2) is 54.6 Å². The van der Waals surface area contributed by atoms with Crippen molar-refractivity contribution in [2.45, 2.75) is 20.4 Å². The minimum absolute atomic E-state index is 0.0827. The summed E-state index contributed by atoms with van der Waals surface area (Å²) in [6.07, 6.45) is 0. The van der Waals surface area contributed by atoms with Crippen LogP contribution in [-0.4, -0.2) is 34.4 Å². The Labute approximate surface area is 174 Å². The fourth-order valence-electron chi connectivity index (χ4n) is 3.47. The van der Waals surface area contributed by atoms with Gasteiger partial charge in [0.05, 0.1) is 24.0 Å². The Bertz CT molecular complexity index is 1190. The first-order chi connectivity index (χ1) is 14.6. The van der Waals surface area contributed by atoms with E-state index in [0.29, 0.717) is 11.6 Å². The lowest BCUT2D eigenvalue weighted by Gasteiger charge is -2.07. The smallest absolute Gasteiger partial charge is 0.263 e. The Hall–Kier alpha value is -3.74. The largest absolute Gasteiger partial charge is 0.497 e. The van der Waals surface area contributed by atoms with Gasteiger partial charge in [0.25, 0.3) is 5.91 Å². The molecule has 4 aromatic rings. The fourth-order valence-corrected chi connectivity index (χ4v) is 3.47. The van der Waals surface area contributed by atoms with Crippen LogP contribution < -0.4 is 14.8 Å². The maximum atomic E-state index is 12.2. The van der Waals surface area contributed by atoms with Gasteiger partial charge in [0, 0.05) is 24.1 Å². The first-order valence-corrected chi connectivity index (χ1v) is 9.79. The summed E-state index contributed by atoms with van der Waals surface area (Å²) in [4.78, 5) is 12.2. The molecular weight excluding hydrogens is 380 g/mol. The second-order valence-electron chi connectivity index (χ2n) is 7.02. The number of carbonyl (C=O) groups is 1. The number of ether oxygens (including phenoxy) is 2. The van der Waals surface area contributed by atoms with Crippen LogP contribution in [0.2, 0.25) is 0 Å². The van der Waals surface area contributed by atoms with E-state index < -0.39 is 0 Å². The SMILES string of the molecule is CCn1c(-c2cc(NC(=O)COc3cccc(C)c3)n[nH]2)cc2ccc(OC)cc21. The first kappa shape index (κ1) is 19.6. The summed E-state index contributed by atoms with van der Waals surface area (Å²) in [5, 5.41) is 11.1. The molecule has 0 atom stereocenters. The van der Waals surface area contributed by atoms with Crippen molar-refractivity contribution < 1.29 is 14.3 Å². The molecule has 0 unspecified atom stereocenters. The number of H-pyrrole nitrogens is 1. The number of nitrogens with zero attached hydrogens (tertiary/aromatic N) is 2. The molecular formula is C23H24N4O3. The molecule has 0 fully saturated rings. The van der Waals surface area contributed by atoms with Gasteiger partial charge in [-0.3, -0.25) is 9.89 Å². The highest BCUT2D eigenvalue weighted by molar-refractivity contribution is 5.92. The number of nitrogens with one attached hydrogen (secondary N) is 2. The van der Waals surface area contributed by atoms with Crippen LogP contribution in [0.3, 0.4) is 0 Å². The normalized spacial score (nSPS) is 10.9. The molecule has 30 heavy (non-hydrogen) atoms. The summed E-state index contributed by atoms with van der Waals surface area (Å²) < 4.78 is 13.1. The summed E-state index contributed by atoms with van der Waals surface area (Å²) in [5.74, 6) is 1.66. The van der Waals surface area contributed by atoms with Gasteiger partial charge < -0.3 is 19.4 Å². The lowest BCUT2D eigenvalue weighted by molar-refractivity contribution is -0.118. The molecule has 0 aliphatic heterocycles. The topological polar surface area (TPSA) is 81.2 Å². The highest BCUT2D eigenvalue weighted by Gasteiger charge is 2.14. The Morgan fingerprint density at radius 3 is 2.77 bits per heavy atom. The van der Waals surface area contributed by atoms with Crippen molar-refractivity contribution >= 4 is 22.6 Å². The van der Waals surface area contributed by atoms with Gasteiger partial charge in [0.1, 0.15) is 11.5 Å². The minimum Gasteiger partial charge on any atom is -0.497 e. The number of methoxy groups -OCH3 is 1. The van der Waals surface area contributed by atoms with Crippen LogP contribution in [0.25, 0.3) is 22.3 Å². The van der Waals surface area contributed by atoms with Crippen LogP contribution in [0, 0.1) is 6.92 Å². The molecule has 0 saturated carbocycles. The monoisotopic (exact) mass is 404 g/mol. The second kappa shape index (κ2) is 8.32. The number of aromatic nitrogens is 3. The molecule has 4 rings (SSSR count). The summed E-state index contributed by atoms with van der Waals surface area (Å²) in [5.41, 5.74) is 3.97. The maximum Gasteiger partial charge on any atom is 0.263 e. The number of rotatable bonds is 7. The van der Waals surface area contributed by atoms with Gasteiger partial charge in [0.2, 0.25) is 0 Å². The third kappa shape index (κ3) is 4.00. The van der Waals surface area contributed by atoms with Crippen LogP contribution in [0.1, 0.15) is 12.5 Å². The van der Waals surface area contributed by atoms with Gasteiger partial charge in [-0.2, -0.15) is 5.10 Å².